The Bertz CT molecular complexity index is 822. The van der Waals surface area contributed by atoms with Crippen LogP contribution in [0.25, 0.3) is 0 Å². The molecule has 0 aliphatic carbocycles. The Kier molecular flexibility index (Phi) is 7.14. The van der Waals surface area contributed by atoms with Crippen molar-refractivity contribution in [1.29, 1.82) is 0 Å². The van der Waals surface area contributed by atoms with Crippen LogP contribution in [0.3, 0.4) is 0 Å². The number of likely N-dealkylation sites (tertiary alicyclic amines) is 1. The lowest BCUT2D eigenvalue weighted by Gasteiger charge is -2.35. The Morgan fingerprint density at radius 1 is 0.967 bits per heavy atom. The van der Waals surface area contributed by atoms with E-state index in [9.17, 15) is 9.59 Å². The fourth-order valence-corrected chi connectivity index (χ4v) is 4.73. The van der Waals surface area contributed by atoms with Gasteiger partial charge >= 0.3 is 0 Å². The van der Waals surface area contributed by atoms with Gasteiger partial charge in [-0.1, -0.05) is 6.07 Å². The van der Waals surface area contributed by atoms with Crippen molar-refractivity contribution in [3.63, 3.8) is 0 Å². The van der Waals surface area contributed by atoms with Crippen LogP contribution in [0, 0.1) is 0 Å². The molecule has 2 aromatic rings. The molecule has 0 radical (unpaired) electrons. The van der Waals surface area contributed by atoms with E-state index in [1.807, 2.05) is 27.1 Å². The van der Waals surface area contributed by atoms with Gasteiger partial charge in [0.05, 0.1) is 25.8 Å². The highest BCUT2D eigenvalue weighted by atomic mass is 32.1. The second-order valence-electron chi connectivity index (χ2n) is 8.00. The fourth-order valence-electron chi connectivity index (χ4n) is 4.04. The lowest BCUT2D eigenvalue weighted by molar-refractivity contribution is -0.134. The third kappa shape index (κ3) is 5.68. The van der Waals surface area contributed by atoms with E-state index < -0.39 is 0 Å². The Morgan fingerprint density at radius 3 is 2.40 bits per heavy atom. The standard InChI is InChI=1S/C21H30N6O2S/c28-20(23-19-6-7-22-27(19)15-18-5-4-14-30-18)16-24-10-12-25(13-11-24)17-21(29)26-8-2-1-3-9-26/h4-7,14H,1-3,8-13,15-17H2,(H,23,28). The topological polar surface area (TPSA) is 73.7 Å². The van der Waals surface area contributed by atoms with Crippen LogP contribution >= 0.6 is 11.3 Å². The largest absolute Gasteiger partial charge is 0.342 e. The predicted octanol–water partition coefficient (Wildman–Crippen LogP) is 1.56. The van der Waals surface area contributed by atoms with Crippen molar-refractivity contribution in [2.24, 2.45) is 0 Å². The highest BCUT2D eigenvalue weighted by molar-refractivity contribution is 7.09. The van der Waals surface area contributed by atoms with Crippen molar-refractivity contribution in [3.05, 3.63) is 34.7 Å². The van der Waals surface area contributed by atoms with Gasteiger partial charge in [0.25, 0.3) is 0 Å². The van der Waals surface area contributed by atoms with Crippen LogP contribution in [0.1, 0.15) is 24.1 Å². The lowest BCUT2D eigenvalue weighted by atomic mass is 10.1. The van der Waals surface area contributed by atoms with E-state index in [0.29, 0.717) is 19.6 Å². The summed E-state index contributed by atoms with van der Waals surface area (Å²) >= 11 is 1.68. The van der Waals surface area contributed by atoms with E-state index in [1.54, 1.807) is 17.5 Å². The van der Waals surface area contributed by atoms with Gasteiger partial charge < -0.3 is 10.2 Å². The zero-order chi connectivity index (χ0) is 20.8. The quantitative estimate of drug-likeness (QED) is 0.722. The van der Waals surface area contributed by atoms with Gasteiger partial charge in [0.2, 0.25) is 11.8 Å². The van der Waals surface area contributed by atoms with Crippen LogP contribution in [-0.2, 0) is 16.1 Å². The summed E-state index contributed by atoms with van der Waals surface area (Å²) < 4.78 is 1.81. The van der Waals surface area contributed by atoms with Gasteiger partial charge in [0.1, 0.15) is 5.82 Å². The maximum absolute atomic E-state index is 12.5. The van der Waals surface area contributed by atoms with E-state index in [0.717, 1.165) is 57.9 Å². The number of piperazine rings is 1. The number of hydrogen-bond acceptors (Lipinski definition) is 6. The molecule has 8 nitrogen and oxygen atoms in total. The molecule has 0 aromatic carbocycles. The summed E-state index contributed by atoms with van der Waals surface area (Å²) in [6, 6.07) is 5.91. The molecule has 9 heteroatoms. The van der Waals surface area contributed by atoms with E-state index >= 15 is 0 Å². The van der Waals surface area contributed by atoms with Crippen LogP contribution in [0.5, 0.6) is 0 Å². The monoisotopic (exact) mass is 430 g/mol. The number of carbonyl (C=O) groups is 2. The molecule has 30 heavy (non-hydrogen) atoms. The molecule has 162 valence electrons. The summed E-state index contributed by atoms with van der Waals surface area (Å²) in [5.41, 5.74) is 0. The van der Waals surface area contributed by atoms with Crippen molar-refractivity contribution < 1.29 is 9.59 Å². The number of aromatic nitrogens is 2. The molecule has 2 aliphatic rings. The first kappa shape index (κ1) is 21.0. The summed E-state index contributed by atoms with van der Waals surface area (Å²) in [5.74, 6) is 0.944. The van der Waals surface area contributed by atoms with Gasteiger partial charge in [-0.2, -0.15) is 5.10 Å². The van der Waals surface area contributed by atoms with E-state index in [-0.39, 0.29) is 11.8 Å². The molecule has 1 N–H and O–H groups in total. The molecule has 2 fully saturated rings. The molecular weight excluding hydrogens is 400 g/mol. The minimum Gasteiger partial charge on any atom is -0.342 e. The van der Waals surface area contributed by atoms with Crippen LogP contribution in [0.2, 0.25) is 0 Å². The van der Waals surface area contributed by atoms with Gasteiger partial charge in [0, 0.05) is 50.2 Å². The number of thiophene rings is 1. The van der Waals surface area contributed by atoms with Crippen molar-refractivity contribution in [3.8, 4) is 0 Å². The number of anilines is 1. The summed E-state index contributed by atoms with van der Waals surface area (Å²) in [5, 5.41) is 9.34. The van der Waals surface area contributed by atoms with Crippen LogP contribution in [-0.4, -0.2) is 88.7 Å². The predicted molar refractivity (Wildman–Crippen MR) is 118 cm³/mol. The number of nitrogens with zero attached hydrogens (tertiary/aromatic N) is 5. The molecule has 2 aromatic heterocycles. The molecule has 0 unspecified atom stereocenters. The summed E-state index contributed by atoms with van der Waals surface area (Å²) in [7, 11) is 0. The van der Waals surface area contributed by atoms with Gasteiger partial charge in [-0.25, -0.2) is 4.68 Å². The van der Waals surface area contributed by atoms with Gasteiger partial charge in [0.15, 0.2) is 0 Å². The van der Waals surface area contributed by atoms with Crippen molar-refractivity contribution in [2.75, 3.05) is 57.7 Å². The number of hydrogen-bond donors (Lipinski definition) is 1. The molecule has 2 aliphatic heterocycles. The number of nitrogens with one attached hydrogen (secondary N) is 1. The molecule has 2 amide bonds. The summed E-state index contributed by atoms with van der Waals surface area (Å²) in [6.45, 7) is 6.57. The summed E-state index contributed by atoms with van der Waals surface area (Å²) in [6.07, 6.45) is 5.20. The molecule has 4 rings (SSSR count). The van der Waals surface area contributed by atoms with Crippen molar-refractivity contribution in [1.82, 2.24) is 24.5 Å². The average Bonchev–Trinajstić information content (AvgIpc) is 3.43. The van der Waals surface area contributed by atoms with Crippen LogP contribution in [0.15, 0.2) is 29.8 Å². The SMILES string of the molecule is O=C(CN1CCN(CC(=O)N2CCCCC2)CC1)Nc1ccnn1Cc1cccs1. The Hall–Kier alpha value is -2.23. The number of piperidine rings is 1. The highest BCUT2D eigenvalue weighted by Gasteiger charge is 2.23. The molecule has 4 heterocycles. The maximum Gasteiger partial charge on any atom is 0.239 e. The fraction of sp³-hybridized carbons (Fsp3) is 0.571. The number of amides is 2. The first-order valence-electron chi connectivity index (χ1n) is 10.7. The maximum atomic E-state index is 12.5. The van der Waals surface area contributed by atoms with Crippen LogP contribution in [0.4, 0.5) is 5.82 Å². The second-order valence-corrected chi connectivity index (χ2v) is 9.03. The van der Waals surface area contributed by atoms with Crippen LogP contribution < -0.4 is 5.32 Å². The number of carbonyl (C=O) groups excluding carboxylic acids is 2. The zero-order valence-electron chi connectivity index (χ0n) is 17.3. The normalized spacial score (nSPS) is 18.5. The molecule has 0 saturated carbocycles. The minimum atomic E-state index is -0.0271. The molecule has 2 saturated heterocycles. The Morgan fingerprint density at radius 2 is 1.70 bits per heavy atom. The molecular formula is C21H30N6O2S. The molecule has 0 bridgehead atoms. The van der Waals surface area contributed by atoms with Crippen molar-refractivity contribution in [2.45, 2.75) is 25.8 Å². The zero-order valence-corrected chi connectivity index (χ0v) is 18.1. The Balaban J connectivity index is 1.19. The minimum absolute atomic E-state index is 0.0271. The highest BCUT2D eigenvalue weighted by Crippen LogP contribution is 2.14. The smallest absolute Gasteiger partial charge is 0.239 e. The van der Waals surface area contributed by atoms with Gasteiger partial charge in [-0.3, -0.25) is 19.4 Å². The Labute approximate surface area is 181 Å². The van der Waals surface area contributed by atoms with Gasteiger partial charge in [-0.05, 0) is 30.7 Å². The van der Waals surface area contributed by atoms with E-state index in [4.69, 9.17) is 0 Å². The molecule has 0 spiro atoms. The van der Waals surface area contributed by atoms with Crippen molar-refractivity contribution >= 4 is 29.0 Å². The second kappa shape index (κ2) is 10.2. The third-order valence-corrected chi connectivity index (χ3v) is 6.63. The summed E-state index contributed by atoms with van der Waals surface area (Å²) in [4.78, 5) is 32.5. The third-order valence-electron chi connectivity index (χ3n) is 5.77. The lowest BCUT2D eigenvalue weighted by Crippen LogP contribution is -2.51. The van der Waals surface area contributed by atoms with Gasteiger partial charge in [-0.15, -0.1) is 11.3 Å². The molecule has 0 atom stereocenters. The average molecular weight is 431 g/mol. The first-order valence-corrected chi connectivity index (χ1v) is 11.6. The number of rotatable bonds is 7. The first-order chi connectivity index (χ1) is 14.7. The van der Waals surface area contributed by atoms with E-state index in [2.05, 4.69) is 26.3 Å². The van der Waals surface area contributed by atoms with E-state index in [1.165, 1.54) is 11.3 Å².